The third-order valence-electron chi connectivity index (χ3n) is 2.75. The highest BCUT2D eigenvalue weighted by Crippen LogP contribution is 2.16. The number of ether oxygens (including phenoxy) is 1. The van der Waals surface area contributed by atoms with Crippen molar-refractivity contribution < 1.29 is 9.53 Å². The quantitative estimate of drug-likeness (QED) is 0.733. The molecule has 110 valence electrons. The van der Waals surface area contributed by atoms with Crippen LogP contribution in [0.15, 0.2) is 48.5 Å². The molecule has 0 spiro atoms. The van der Waals surface area contributed by atoms with Gasteiger partial charge in [-0.05, 0) is 55.0 Å². The van der Waals surface area contributed by atoms with Gasteiger partial charge in [-0.3, -0.25) is 0 Å². The number of nitrogens with one attached hydrogen (secondary N) is 2. The van der Waals surface area contributed by atoms with Gasteiger partial charge in [0.2, 0.25) is 0 Å². The number of benzene rings is 2. The van der Waals surface area contributed by atoms with E-state index in [0.717, 1.165) is 12.2 Å². The summed E-state index contributed by atoms with van der Waals surface area (Å²) in [6, 6.07) is 13.9. The van der Waals surface area contributed by atoms with E-state index in [-0.39, 0.29) is 6.03 Å². The number of nitrogen functional groups attached to an aromatic ring is 1. The van der Waals surface area contributed by atoms with Crippen LogP contribution in [0.2, 0.25) is 0 Å². The third kappa shape index (κ3) is 4.72. The van der Waals surface area contributed by atoms with Crippen LogP contribution in [0, 0.1) is 0 Å². The van der Waals surface area contributed by atoms with Gasteiger partial charge in [-0.2, -0.15) is 0 Å². The van der Waals surface area contributed by atoms with Crippen molar-refractivity contribution in [3.05, 3.63) is 48.5 Å². The molecule has 2 aromatic carbocycles. The van der Waals surface area contributed by atoms with E-state index in [0.29, 0.717) is 23.7 Å². The minimum atomic E-state index is -0.304. The first kappa shape index (κ1) is 14.7. The van der Waals surface area contributed by atoms with E-state index in [2.05, 4.69) is 17.6 Å². The van der Waals surface area contributed by atoms with Crippen LogP contribution in [0.5, 0.6) is 5.75 Å². The normalized spacial score (nSPS) is 9.95. The Bertz CT molecular complexity index is 579. The summed E-state index contributed by atoms with van der Waals surface area (Å²) in [5.41, 5.74) is 7.63. The van der Waals surface area contributed by atoms with E-state index in [9.17, 15) is 4.79 Å². The smallest absolute Gasteiger partial charge is 0.323 e. The molecule has 2 rings (SSSR count). The van der Waals surface area contributed by atoms with Gasteiger partial charge in [-0.15, -0.1) is 0 Å². The van der Waals surface area contributed by atoms with E-state index in [1.165, 1.54) is 0 Å². The molecule has 5 nitrogen and oxygen atoms in total. The Balaban J connectivity index is 1.88. The molecule has 2 aromatic rings. The summed E-state index contributed by atoms with van der Waals surface area (Å²) >= 11 is 0. The maximum absolute atomic E-state index is 11.8. The molecule has 2 amide bonds. The number of urea groups is 1. The lowest BCUT2D eigenvalue weighted by Crippen LogP contribution is -2.19. The number of rotatable bonds is 5. The number of anilines is 3. The zero-order valence-electron chi connectivity index (χ0n) is 11.9. The van der Waals surface area contributed by atoms with E-state index in [1.807, 2.05) is 12.1 Å². The van der Waals surface area contributed by atoms with Crippen LogP contribution < -0.4 is 21.1 Å². The average Bonchev–Trinajstić information content (AvgIpc) is 2.49. The van der Waals surface area contributed by atoms with Crippen molar-refractivity contribution in [3.63, 3.8) is 0 Å². The van der Waals surface area contributed by atoms with E-state index in [4.69, 9.17) is 10.5 Å². The highest BCUT2D eigenvalue weighted by molar-refractivity contribution is 5.99. The summed E-state index contributed by atoms with van der Waals surface area (Å²) in [7, 11) is 0. The van der Waals surface area contributed by atoms with Crippen molar-refractivity contribution in [3.8, 4) is 5.75 Å². The van der Waals surface area contributed by atoms with E-state index in [1.54, 1.807) is 36.4 Å². The molecule has 0 aromatic heterocycles. The summed E-state index contributed by atoms with van der Waals surface area (Å²) in [4.78, 5) is 11.8. The van der Waals surface area contributed by atoms with Crippen LogP contribution in [0.1, 0.15) is 13.3 Å². The standard InChI is InChI=1S/C16H19N3O2/c1-2-11-21-15-9-7-14(8-10-15)19-16(20)18-13-5-3-12(17)4-6-13/h3-10H,2,11,17H2,1H3,(H2,18,19,20). The van der Waals surface area contributed by atoms with E-state index < -0.39 is 0 Å². The highest BCUT2D eigenvalue weighted by Gasteiger charge is 2.03. The predicted octanol–water partition coefficient (Wildman–Crippen LogP) is 3.70. The topological polar surface area (TPSA) is 76.4 Å². The Hall–Kier alpha value is -2.69. The van der Waals surface area contributed by atoms with Crippen LogP contribution in [-0.4, -0.2) is 12.6 Å². The van der Waals surface area contributed by atoms with Gasteiger partial charge in [-0.1, -0.05) is 6.92 Å². The number of amides is 2. The monoisotopic (exact) mass is 285 g/mol. The second-order valence-corrected chi connectivity index (χ2v) is 4.57. The Kier molecular flexibility index (Phi) is 5.04. The van der Waals surface area contributed by atoms with Crippen LogP contribution in [0.4, 0.5) is 21.9 Å². The average molecular weight is 285 g/mol. The Morgan fingerprint density at radius 1 is 1.00 bits per heavy atom. The Labute approximate surface area is 124 Å². The number of carbonyl (C=O) groups excluding carboxylic acids is 1. The van der Waals surface area contributed by atoms with Gasteiger partial charge in [0.25, 0.3) is 0 Å². The van der Waals surface area contributed by atoms with Crippen LogP contribution in [0.3, 0.4) is 0 Å². The Morgan fingerprint density at radius 2 is 1.52 bits per heavy atom. The van der Waals surface area contributed by atoms with Crippen molar-refractivity contribution in [2.24, 2.45) is 0 Å². The van der Waals surface area contributed by atoms with E-state index >= 15 is 0 Å². The SMILES string of the molecule is CCCOc1ccc(NC(=O)Nc2ccc(N)cc2)cc1. The first-order chi connectivity index (χ1) is 10.2. The minimum absolute atomic E-state index is 0.304. The summed E-state index contributed by atoms with van der Waals surface area (Å²) < 4.78 is 5.48. The van der Waals surface area contributed by atoms with Crippen molar-refractivity contribution in [2.45, 2.75) is 13.3 Å². The fourth-order valence-electron chi connectivity index (χ4n) is 1.71. The van der Waals surface area contributed by atoms with Crippen LogP contribution in [0.25, 0.3) is 0 Å². The minimum Gasteiger partial charge on any atom is -0.494 e. The lowest BCUT2D eigenvalue weighted by molar-refractivity contribution is 0.262. The van der Waals surface area contributed by atoms with Gasteiger partial charge in [-0.25, -0.2) is 4.79 Å². The molecule has 0 radical (unpaired) electrons. The van der Waals surface area contributed by atoms with Gasteiger partial charge in [0.05, 0.1) is 6.61 Å². The third-order valence-corrected chi connectivity index (χ3v) is 2.75. The maximum atomic E-state index is 11.8. The molecular formula is C16H19N3O2. The summed E-state index contributed by atoms with van der Waals surface area (Å²) in [5, 5.41) is 5.48. The molecule has 5 heteroatoms. The molecule has 4 N–H and O–H groups in total. The molecule has 0 bridgehead atoms. The fraction of sp³-hybridized carbons (Fsp3) is 0.188. The highest BCUT2D eigenvalue weighted by atomic mass is 16.5. The number of carbonyl (C=O) groups is 1. The lowest BCUT2D eigenvalue weighted by Gasteiger charge is -2.09. The first-order valence-electron chi connectivity index (χ1n) is 6.84. The molecule has 0 heterocycles. The Morgan fingerprint density at radius 3 is 2.05 bits per heavy atom. The lowest BCUT2D eigenvalue weighted by atomic mass is 10.3. The summed E-state index contributed by atoms with van der Waals surface area (Å²) in [6.07, 6.45) is 0.962. The summed E-state index contributed by atoms with van der Waals surface area (Å²) in [6.45, 7) is 2.74. The molecule has 0 atom stereocenters. The number of hydrogen-bond donors (Lipinski definition) is 3. The van der Waals surface area contributed by atoms with Gasteiger partial charge in [0, 0.05) is 17.1 Å². The van der Waals surface area contributed by atoms with Crippen molar-refractivity contribution >= 4 is 23.1 Å². The van der Waals surface area contributed by atoms with Crippen LogP contribution >= 0.6 is 0 Å². The second-order valence-electron chi connectivity index (χ2n) is 4.57. The van der Waals surface area contributed by atoms with Crippen molar-refractivity contribution in [1.29, 1.82) is 0 Å². The molecule has 0 aliphatic carbocycles. The summed E-state index contributed by atoms with van der Waals surface area (Å²) in [5.74, 6) is 0.793. The number of nitrogens with two attached hydrogens (primary N) is 1. The second kappa shape index (κ2) is 7.19. The molecule has 0 saturated carbocycles. The molecule has 0 aliphatic rings. The molecular weight excluding hydrogens is 266 g/mol. The van der Waals surface area contributed by atoms with Gasteiger partial charge in [0.1, 0.15) is 5.75 Å². The fourth-order valence-corrected chi connectivity index (χ4v) is 1.71. The molecule has 0 saturated heterocycles. The van der Waals surface area contributed by atoms with Crippen molar-refractivity contribution in [1.82, 2.24) is 0 Å². The molecule has 0 fully saturated rings. The van der Waals surface area contributed by atoms with Crippen molar-refractivity contribution in [2.75, 3.05) is 23.0 Å². The van der Waals surface area contributed by atoms with Gasteiger partial charge >= 0.3 is 6.03 Å². The predicted molar refractivity (Wildman–Crippen MR) is 85.7 cm³/mol. The van der Waals surface area contributed by atoms with Crippen LogP contribution in [-0.2, 0) is 0 Å². The molecule has 0 unspecified atom stereocenters. The number of hydrogen-bond acceptors (Lipinski definition) is 3. The first-order valence-corrected chi connectivity index (χ1v) is 6.84. The maximum Gasteiger partial charge on any atom is 0.323 e. The zero-order chi connectivity index (χ0) is 15.1. The van der Waals surface area contributed by atoms with Gasteiger partial charge < -0.3 is 21.1 Å². The van der Waals surface area contributed by atoms with Gasteiger partial charge in [0.15, 0.2) is 0 Å². The molecule has 0 aliphatic heterocycles. The zero-order valence-corrected chi connectivity index (χ0v) is 11.9. The molecule has 21 heavy (non-hydrogen) atoms. The largest absolute Gasteiger partial charge is 0.494 e.